The van der Waals surface area contributed by atoms with E-state index in [1.807, 2.05) is 0 Å². The third-order valence-electron chi connectivity index (χ3n) is 3.88. The molecule has 0 saturated carbocycles. The molecular weight excluding hydrogens is 348 g/mol. The topological polar surface area (TPSA) is 35.2 Å². The van der Waals surface area contributed by atoms with Gasteiger partial charge >= 0.3 is 12.4 Å². The zero-order valence-electron chi connectivity index (χ0n) is 13.6. The zero-order chi connectivity index (χ0) is 19.2. The Kier molecular flexibility index (Phi) is 4.67. The highest BCUT2D eigenvalue weighted by atomic mass is 19.4. The van der Waals surface area contributed by atoms with Gasteiger partial charge in [-0.25, -0.2) is 0 Å². The van der Waals surface area contributed by atoms with Crippen LogP contribution in [-0.2, 0) is 12.4 Å². The van der Waals surface area contributed by atoms with Crippen LogP contribution < -0.4 is 10.5 Å². The van der Waals surface area contributed by atoms with Crippen LogP contribution in [0.3, 0.4) is 0 Å². The summed E-state index contributed by atoms with van der Waals surface area (Å²) in [5, 5.41) is 0. The smallest absolute Gasteiger partial charge is 0.417 e. The van der Waals surface area contributed by atoms with Crippen molar-refractivity contribution in [3.8, 4) is 16.9 Å². The lowest BCUT2D eigenvalue weighted by atomic mass is 9.91. The zero-order valence-corrected chi connectivity index (χ0v) is 13.6. The van der Waals surface area contributed by atoms with E-state index >= 15 is 0 Å². The van der Waals surface area contributed by atoms with Crippen LogP contribution in [-0.4, -0.2) is 7.11 Å². The normalized spacial score (nSPS) is 12.4. The average Bonchev–Trinajstić information content (AvgIpc) is 2.46. The number of halogens is 6. The molecule has 2 rings (SSSR count). The molecule has 8 heteroatoms. The molecule has 2 nitrogen and oxygen atoms in total. The van der Waals surface area contributed by atoms with Gasteiger partial charge in [-0.15, -0.1) is 0 Å². The minimum atomic E-state index is -5.00. The Bertz CT molecular complexity index is 808. The van der Waals surface area contributed by atoms with Crippen molar-refractivity contribution in [3.63, 3.8) is 0 Å². The summed E-state index contributed by atoms with van der Waals surface area (Å²) in [6.07, 6.45) is -9.94. The molecule has 2 aromatic carbocycles. The molecule has 0 unspecified atom stereocenters. The number of nitrogens with two attached hydrogens (primary N) is 1. The van der Waals surface area contributed by atoms with Gasteiger partial charge < -0.3 is 10.5 Å². The highest BCUT2D eigenvalue weighted by Gasteiger charge is 2.40. The van der Waals surface area contributed by atoms with Gasteiger partial charge in [0.25, 0.3) is 0 Å². The van der Waals surface area contributed by atoms with Crippen molar-refractivity contribution in [1.82, 2.24) is 0 Å². The maximum absolute atomic E-state index is 13.4. The molecule has 0 amide bonds. The van der Waals surface area contributed by atoms with Crippen molar-refractivity contribution in [1.29, 1.82) is 0 Å². The lowest BCUT2D eigenvalue weighted by Gasteiger charge is -2.21. The SMILES string of the molecule is COc1c(C)ccc(-c2c(N)cc(C(F)(F)F)cc2C(F)(F)F)c1C. The van der Waals surface area contributed by atoms with E-state index in [9.17, 15) is 26.3 Å². The second kappa shape index (κ2) is 6.16. The molecule has 2 aromatic rings. The van der Waals surface area contributed by atoms with E-state index in [1.165, 1.54) is 26.2 Å². The molecule has 0 aliphatic heterocycles. The van der Waals surface area contributed by atoms with Crippen LogP contribution >= 0.6 is 0 Å². The van der Waals surface area contributed by atoms with Crippen molar-refractivity contribution >= 4 is 5.69 Å². The van der Waals surface area contributed by atoms with E-state index in [4.69, 9.17) is 10.5 Å². The molecule has 25 heavy (non-hydrogen) atoms. The standard InChI is InChI=1S/C17H15F6NO/c1-8-4-5-11(9(2)15(8)25-3)14-12(17(21,22)23)6-10(7-13(14)24)16(18,19)20/h4-7H,24H2,1-3H3. The Morgan fingerprint density at radius 2 is 1.52 bits per heavy atom. The fraction of sp³-hybridized carbons (Fsp3) is 0.294. The van der Waals surface area contributed by atoms with Crippen molar-refractivity contribution < 1.29 is 31.1 Å². The number of nitrogen functional groups attached to an aromatic ring is 1. The first kappa shape index (κ1) is 19.0. The molecule has 0 aliphatic rings. The highest BCUT2D eigenvalue weighted by molar-refractivity contribution is 5.84. The first-order valence-corrected chi connectivity index (χ1v) is 7.10. The predicted molar refractivity (Wildman–Crippen MR) is 82.3 cm³/mol. The van der Waals surface area contributed by atoms with E-state index in [1.54, 1.807) is 6.92 Å². The molecule has 0 fully saturated rings. The molecule has 0 aliphatic carbocycles. The number of alkyl halides is 6. The predicted octanol–water partition coefficient (Wildman–Crippen LogP) is 5.60. The number of hydrogen-bond acceptors (Lipinski definition) is 2. The molecule has 0 atom stereocenters. The van der Waals surface area contributed by atoms with E-state index < -0.39 is 34.7 Å². The van der Waals surface area contributed by atoms with E-state index in [0.29, 0.717) is 22.9 Å². The minimum Gasteiger partial charge on any atom is -0.496 e. The third-order valence-corrected chi connectivity index (χ3v) is 3.88. The Balaban J connectivity index is 2.87. The minimum absolute atomic E-state index is 0.0704. The summed E-state index contributed by atoms with van der Waals surface area (Å²) in [6, 6.07) is 3.51. The second-order valence-electron chi connectivity index (χ2n) is 5.57. The summed E-state index contributed by atoms with van der Waals surface area (Å²) in [4.78, 5) is 0. The summed E-state index contributed by atoms with van der Waals surface area (Å²) < 4.78 is 84.1. The van der Waals surface area contributed by atoms with Crippen LogP contribution in [0.4, 0.5) is 32.0 Å². The van der Waals surface area contributed by atoms with Crippen molar-refractivity contribution in [3.05, 3.63) is 46.5 Å². The molecule has 0 spiro atoms. The number of anilines is 1. The number of methoxy groups -OCH3 is 1. The van der Waals surface area contributed by atoms with Crippen LogP contribution in [0.15, 0.2) is 24.3 Å². The Labute approximate surface area is 140 Å². The number of hydrogen-bond donors (Lipinski definition) is 1. The largest absolute Gasteiger partial charge is 0.496 e. The molecule has 0 bridgehead atoms. The van der Waals surface area contributed by atoms with Gasteiger partial charge in [-0.3, -0.25) is 0 Å². The molecule has 136 valence electrons. The average molecular weight is 363 g/mol. The second-order valence-corrected chi connectivity index (χ2v) is 5.57. The van der Waals surface area contributed by atoms with Crippen LogP contribution in [0, 0.1) is 13.8 Å². The lowest BCUT2D eigenvalue weighted by molar-refractivity contribution is -0.142. The summed E-state index contributed by atoms with van der Waals surface area (Å²) >= 11 is 0. The van der Waals surface area contributed by atoms with Gasteiger partial charge in [0, 0.05) is 11.3 Å². The fourth-order valence-electron chi connectivity index (χ4n) is 2.76. The molecule has 0 aromatic heterocycles. The molecule has 2 N–H and O–H groups in total. The van der Waals surface area contributed by atoms with Gasteiger partial charge in [-0.2, -0.15) is 26.3 Å². The first-order chi connectivity index (χ1) is 11.4. The summed E-state index contributed by atoms with van der Waals surface area (Å²) in [5.41, 5.74) is 2.75. The molecule has 0 radical (unpaired) electrons. The number of rotatable bonds is 2. The number of benzene rings is 2. The van der Waals surface area contributed by atoms with Crippen LogP contribution in [0.25, 0.3) is 11.1 Å². The van der Waals surface area contributed by atoms with Crippen molar-refractivity contribution in [2.75, 3.05) is 12.8 Å². The first-order valence-electron chi connectivity index (χ1n) is 7.10. The lowest BCUT2D eigenvalue weighted by Crippen LogP contribution is -2.14. The monoisotopic (exact) mass is 363 g/mol. The molecular formula is C17H15F6NO. The summed E-state index contributed by atoms with van der Waals surface area (Å²) in [6.45, 7) is 3.23. The van der Waals surface area contributed by atoms with Gasteiger partial charge in [-0.1, -0.05) is 12.1 Å². The highest BCUT2D eigenvalue weighted by Crippen LogP contribution is 2.46. The van der Waals surface area contributed by atoms with Crippen LogP contribution in [0.2, 0.25) is 0 Å². The van der Waals surface area contributed by atoms with E-state index in [-0.39, 0.29) is 11.6 Å². The van der Waals surface area contributed by atoms with Gasteiger partial charge in [0.05, 0.1) is 18.2 Å². The van der Waals surface area contributed by atoms with Gasteiger partial charge in [0.1, 0.15) is 5.75 Å². The Morgan fingerprint density at radius 3 is 2.00 bits per heavy atom. The van der Waals surface area contributed by atoms with Crippen LogP contribution in [0.1, 0.15) is 22.3 Å². The Hall–Kier alpha value is -2.38. The number of aryl methyl sites for hydroxylation is 1. The maximum Gasteiger partial charge on any atom is 0.417 e. The quantitative estimate of drug-likeness (QED) is 0.557. The Morgan fingerprint density at radius 1 is 0.920 bits per heavy atom. The van der Waals surface area contributed by atoms with E-state index in [0.717, 1.165) is 0 Å². The van der Waals surface area contributed by atoms with Crippen molar-refractivity contribution in [2.24, 2.45) is 0 Å². The van der Waals surface area contributed by atoms with Gasteiger partial charge in [0.15, 0.2) is 0 Å². The molecule has 0 saturated heterocycles. The van der Waals surface area contributed by atoms with Crippen molar-refractivity contribution in [2.45, 2.75) is 26.2 Å². The van der Waals surface area contributed by atoms with E-state index in [2.05, 4.69) is 0 Å². The van der Waals surface area contributed by atoms with Gasteiger partial charge in [0.2, 0.25) is 0 Å². The third kappa shape index (κ3) is 3.52. The summed E-state index contributed by atoms with van der Waals surface area (Å²) in [5.74, 6) is 0.352. The number of ether oxygens (including phenoxy) is 1. The van der Waals surface area contributed by atoms with Crippen LogP contribution in [0.5, 0.6) is 5.75 Å². The fourth-order valence-corrected chi connectivity index (χ4v) is 2.76. The van der Waals surface area contributed by atoms with Gasteiger partial charge in [-0.05, 0) is 42.7 Å². The maximum atomic E-state index is 13.4. The molecule has 0 heterocycles. The summed E-state index contributed by atoms with van der Waals surface area (Å²) in [7, 11) is 1.36.